The van der Waals surface area contributed by atoms with Crippen molar-refractivity contribution in [3.63, 3.8) is 0 Å². The van der Waals surface area contributed by atoms with Crippen LogP contribution in [0, 0.1) is 6.92 Å². The average Bonchev–Trinajstić information content (AvgIpc) is 3.13. The number of H-pyrrole nitrogens is 1. The highest BCUT2D eigenvalue weighted by molar-refractivity contribution is 5.90. The third-order valence-electron chi connectivity index (χ3n) is 3.84. The van der Waals surface area contributed by atoms with E-state index in [1.54, 1.807) is 12.5 Å². The molecule has 22 heavy (non-hydrogen) atoms. The molecule has 5 heteroatoms. The largest absolute Gasteiger partial charge is 0.358 e. The number of aromatic nitrogens is 3. The van der Waals surface area contributed by atoms with Crippen LogP contribution in [-0.2, 0) is 17.8 Å². The molecule has 3 rings (SSSR count). The van der Waals surface area contributed by atoms with Gasteiger partial charge in [0, 0.05) is 42.1 Å². The highest BCUT2D eigenvalue weighted by Gasteiger charge is 2.11. The topological polar surface area (TPSA) is 62.7 Å². The molecule has 0 unspecified atom stereocenters. The van der Waals surface area contributed by atoms with Crippen LogP contribution in [0.15, 0.2) is 43.0 Å². The SMILES string of the molecule is Cc1[nH]c2ccccc2c1CC(=O)NCCCn1ccnc1. The number of imidazole rings is 1. The van der Waals surface area contributed by atoms with E-state index in [0.29, 0.717) is 13.0 Å². The molecule has 3 aromatic rings. The zero-order chi connectivity index (χ0) is 15.4. The van der Waals surface area contributed by atoms with Crippen molar-refractivity contribution in [3.05, 3.63) is 54.2 Å². The number of carbonyl (C=O) groups excluding carboxylic acids is 1. The van der Waals surface area contributed by atoms with Gasteiger partial charge in [0.15, 0.2) is 0 Å². The molecule has 5 nitrogen and oxygen atoms in total. The van der Waals surface area contributed by atoms with Crippen molar-refractivity contribution in [2.24, 2.45) is 0 Å². The Morgan fingerprint density at radius 1 is 1.36 bits per heavy atom. The molecule has 0 radical (unpaired) electrons. The van der Waals surface area contributed by atoms with Gasteiger partial charge in [0.1, 0.15) is 0 Å². The van der Waals surface area contributed by atoms with Gasteiger partial charge in [-0.1, -0.05) is 18.2 Å². The Hall–Kier alpha value is -2.56. The van der Waals surface area contributed by atoms with Crippen LogP contribution in [0.4, 0.5) is 0 Å². The molecule has 0 aliphatic carbocycles. The molecule has 0 saturated heterocycles. The van der Waals surface area contributed by atoms with E-state index in [1.165, 1.54) is 0 Å². The van der Waals surface area contributed by atoms with Crippen LogP contribution in [0.25, 0.3) is 10.9 Å². The van der Waals surface area contributed by atoms with E-state index in [4.69, 9.17) is 0 Å². The number of para-hydroxylation sites is 1. The maximum atomic E-state index is 12.1. The summed E-state index contributed by atoms with van der Waals surface area (Å²) in [6.45, 7) is 3.56. The van der Waals surface area contributed by atoms with Gasteiger partial charge in [-0.05, 0) is 25.0 Å². The molecule has 0 atom stereocenters. The second-order valence-corrected chi connectivity index (χ2v) is 5.45. The molecular weight excluding hydrogens is 276 g/mol. The Kier molecular flexibility index (Phi) is 4.23. The molecule has 2 N–H and O–H groups in total. The normalized spacial score (nSPS) is 11.0. The van der Waals surface area contributed by atoms with E-state index in [1.807, 2.05) is 35.9 Å². The highest BCUT2D eigenvalue weighted by atomic mass is 16.1. The number of benzene rings is 1. The zero-order valence-electron chi connectivity index (χ0n) is 12.7. The van der Waals surface area contributed by atoms with Crippen LogP contribution < -0.4 is 5.32 Å². The van der Waals surface area contributed by atoms with E-state index in [-0.39, 0.29) is 5.91 Å². The number of fused-ring (bicyclic) bond motifs is 1. The second kappa shape index (κ2) is 6.47. The van der Waals surface area contributed by atoms with Crippen molar-refractivity contribution in [1.29, 1.82) is 0 Å². The van der Waals surface area contributed by atoms with Crippen molar-refractivity contribution in [2.75, 3.05) is 6.54 Å². The zero-order valence-corrected chi connectivity index (χ0v) is 12.7. The van der Waals surface area contributed by atoms with E-state index in [0.717, 1.165) is 35.1 Å². The minimum atomic E-state index is 0.0680. The lowest BCUT2D eigenvalue weighted by Crippen LogP contribution is -2.26. The Morgan fingerprint density at radius 2 is 2.23 bits per heavy atom. The van der Waals surface area contributed by atoms with Crippen LogP contribution in [-0.4, -0.2) is 27.0 Å². The maximum absolute atomic E-state index is 12.1. The van der Waals surface area contributed by atoms with Crippen molar-refractivity contribution < 1.29 is 4.79 Å². The van der Waals surface area contributed by atoms with Gasteiger partial charge in [0.25, 0.3) is 0 Å². The van der Waals surface area contributed by atoms with Crippen LogP contribution in [0.5, 0.6) is 0 Å². The summed E-state index contributed by atoms with van der Waals surface area (Å²) in [7, 11) is 0. The van der Waals surface area contributed by atoms with Crippen LogP contribution >= 0.6 is 0 Å². The fraction of sp³-hybridized carbons (Fsp3) is 0.294. The number of aromatic amines is 1. The van der Waals surface area contributed by atoms with E-state index >= 15 is 0 Å². The summed E-state index contributed by atoms with van der Waals surface area (Å²) in [5.41, 5.74) is 3.24. The van der Waals surface area contributed by atoms with Gasteiger partial charge in [-0.15, -0.1) is 0 Å². The summed E-state index contributed by atoms with van der Waals surface area (Å²) in [6, 6.07) is 8.09. The highest BCUT2D eigenvalue weighted by Crippen LogP contribution is 2.22. The summed E-state index contributed by atoms with van der Waals surface area (Å²) in [6.07, 6.45) is 6.79. The number of hydrogen-bond acceptors (Lipinski definition) is 2. The van der Waals surface area contributed by atoms with E-state index in [9.17, 15) is 4.79 Å². The minimum absolute atomic E-state index is 0.0680. The standard InChI is InChI=1S/C17H20N4O/c1-13-15(14-5-2-3-6-16(14)20-13)11-17(22)19-7-4-9-21-10-8-18-12-21/h2-3,5-6,8,10,12,20H,4,7,9,11H2,1H3,(H,19,22). The monoisotopic (exact) mass is 296 g/mol. The lowest BCUT2D eigenvalue weighted by atomic mass is 10.1. The molecule has 114 valence electrons. The summed E-state index contributed by atoms with van der Waals surface area (Å²) in [4.78, 5) is 19.4. The van der Waals surface area contributed by atoms with Gasteiger partial charge in [-0.25, -0.2) is 4.98 Å². The van der Waals surface area contributed by atoms with Crippen LogP contribution in [0.2, 0.25) is 0 Å². The summed E-state index contributed by atoms with van der Waals surface area (Å²) in [5, 5.41) is 4.12. The number of hydrogen-bond donors (Lipinski definition) is 2. The quantitative estimate of drug-likeness (QED) is 0.686. The fourth-order valence-corrected chi connectivity index (χ4v) is 2.69. The molecule has 0 bridgehead atoms. The second-order valence-electron chi connectivity index (χ2n) is 5.45. The van der Waals surface area contributed by atoms with Gasteiger partial charge in [-0.2, -0.15) is 0 Å². The Morgan fingerprint density at radius 3 is 3.05 bits per heavy atom. The average molecular weight is 296 g/mol. The molecule has 0 saturated carbocycles. The number of nitrogens with zero attached hydrogens (tertiary/aromatic N) is 2. The minimum Gasteiger partial charge on any atom is -0.358 e. The molecule has 1 aromatic carbocycles. The lowest BCUT2D eigenvalue weighted by molar-refractivity contribution is -0.120. The fourth-order valence-electron chi connectivity index (χ4n) is 2.69. The van der Waals surface area contributed by atoms with Gasteiger partial charge in [0.2, 0.25) is 5.91 Å². The van der Waals surface area contributed by atoms with Crippen molar-refractivity contribution >= 4 is 16.8 Å². The van der Waals surface area contributed by atoms with Crippen molar-refractivity contribution in [3.8, 4) is 0 Å². The number of amides is 1. The Labute approximate surface area is 129 Å². The molecule has 0 fully saturated rings. The summed E-state index contributed by atoms with van der Waals surface area (Å²) >= 11 is 0. The van der Waals surface area contributed by atoms with Gasteiger partial charge in [-0.3, -0.25) is 4.79 Å². The number of carbonyl (C=O) groups is 1. The number of rotatable bonds is 6. The summed E-state index contributed by atoms with van der Waals surface area (Å²) in [5.74, 6) is 0.0680. The molecule has 0 spiro atoms. The van der Waals surface area contributed by atoms with Crippen molar-refractivity contribution in [2.45, 2.75) is 26.3 Å². The third-order valence-corrected chi connectivity index (χ3v) is 3.84. The lowest BCUT2D eigenvalue weighted by Gasteiger charge is -2.06. The van der Waals surface area contributed by atoms with E-state index < -0.39 is 0 Å². The van der Waals surface area contributed by atoms with Gasteiger partial charge in [0.05, 0.1) is 12.7 Å². The van der Waals surface area contributed by atoms with Crippen LogP contribution in [0.1, 0.15) is 17.7 Å². The predicted molar refractivity (Wildman–Crippen MR) is 86.6 cm³/mol. The smallest absolute Gasteiger partial charge is 0.224 e. The number of aryl methyl sites for hydroxylation is 2. The first kappa shape index (κ1) is 14.4. The molecular formula is C17H20N4O. The number of nitrogens with one attached hydrogen (secondary N) is 2. The first-order chi connectivity index (χ1) is 10.7. The Bertz CT molecular complexity index is 758. The molecule has 2 heterocycles. The third kappa shape index (κ3) is 3.19. The molecule has 0 aliphatic rings. The molecule has 2 aromatic heterocycles. The van der Waals surface area contributed by atoms with Gasteiger partial charge >= 0.3 is 0 Å². The molecule has 1 amide bonds. The first-order valence-corrected chi connectivity index (χ1v) is 7.52. The van der Waals surface area contributed by atoms with Crippen molar-refractivity contribution in [1.82, 2.24) is 19.9 Å². The van der Waals surface area contributed by atoms with Gasteiger partial charge < -0.3 is 14.9 Å². The molecule has 0 aliphatic heterocycles. The predicted octanol–water partition coefficient (Wildman–Crippen LogP) is 2.42. The van der Waals surface area contributed by atoms with Crippen LogP contribution in [0.3, 0.4) is 0 Å². The first-order valence-electron chi connectivity index (χ1n) is 7.52. The van der Waals surface area contributed by atoms with E-state index in [2.05, 4.69) is 21.4 Å². The summed E-state index contributed by atoms with van der Waals surface area (Å²) < 4.78 is 2.01. The Balaban J connectivity index is 1.53. The maximum Gasteiger partial charge on any atom is 0.224 e.